The van der Waals surface area contributed by atoms with Crippen LogP contribution in [0, 0.1) is 5.92 Å². The lowest BCUT2D eigenvalue weighted by molar-refractivity contribution is -0.125. The van der Waals surface area contributed by atoms with Gasteiger partial charge in [0.1, 0.15) is 0 Å². The highest BCUT2D eigenvalue weighted by Crippen LogP contribution is 2.00. The summed E-state index contributed by atoms with van der Waals surface area (Å²) < 4.78 is 0. The highest BCUT2D eigenvalue weighted by Gasteiger charge is 2.22. The van der Waals surface area contributed by atoms with Gasteiger partial charge in [0.2, 0.25) is 5.91 Å². The van der Waals surface area contributed by atoms with Gasteiger partial charge >= 0.3 is 0 Å². The Hall–Kier alpha value is -0.570. The molecule has 1 heterocycles. The lowest BCUT2D eigenvalue weighted by Crippen LogP contribution is -2.49. The third-order valence-electron chi connectivity index (χ3n) is 1.40. The Morgan fingerprint density at radius 3 is 2.10 bits per heavy atom. The zero-order chi connectivity index (χ0) is 7.98. The third-order valence-corrected chi connectivity index (χ3v) is 1.40. The minimum atomic E-state index is 0.156. The van der Waals surface area contributed by atoms with Crippen molar-refractivity contribution in [2.24, 2.45) is 5.92 Å². The smallest absolute Gasteiger partial charge is 0.225 e. The molecule has 0 spiro atoms. The van der Waals surface area contributed by atoms with Gasteiger partial charge in [0.25, 0.3) is 0 Å². The molecule has 0 aromatic carbocycles. The monoisotopic (exact) mass is 144 g/mol. The van der Waals surface area contributed by atoms with Crippen molar-refractivity contribution in [2.45, 2.75) is 13.8 Å². The Bertz CT molecular complexity index is 99.8. The van der Waals surface area contributed by atoms with Crippen LogP contribution in [0.3, 0.4) is 0 Å². The summed E-state index contributed by atoms with van der Waals surface area (Å²) >= 11 is 0. The van der Waals surface area contributed by atoms with Gasteiger partial charge in [-0.3, -0.25) is 4.79 Å². The second-order valence-corrected chi connectivity index (χ2v) is 1.97. The van der Waals surface area contributed by atoms with Crippen LogP contribution in [0.1, 0.15) is 13.8 Å². The first-order chi connectivity index (χ1) is 4.84. The maximum atomic E-state index is 10.6. The molecule has 0 bridgehead atoms. The molecule has 1 rings (SSSR count). The van der Waals surface area contributed by atoms with Crippen molar-refractivity contribution in [3.63, 3.8) is 0 Å². The molecule has 3 nitrogen and oxygen atoms in total. The van der Waals surface area contributed by atoms with E-state index in [2.05, 4.69) is 10.6 Å². The summed E-state index contributed by atoms with van der Waals surface area (Å²) in [4.78, 5) is 10.6. The number of rotatable bonds is 1. The van der Waals surface area contributed by atoms with Crippen LogP contribution in [0.15, 0.2) is 0 Å². The fraction of sp³-hybridized carbons (Fsp3) is 0.857. The summed E-state index contributed by atoms with van der Waals surface area (Å²) in [5.74, 6) is 0.392. The molecule has 0 atom stereocenters. The number of amides is 1. The Morgan fingerprint density at radius 1 is 1.50 bits per heavy atom. The van der Waals surface area contributed by atoms with E-state index in [1.54, 1.807) is 7.05 Å². The summed E-state index contributed by atoms with van der Waals surface area (Å²) in [5.41, 5.74) is 0. The van der Waals surface area contributed by atoms with Gasteiger partial charge in [-0.15, -0.1) is 0 Å². The van der Waals surface area contributed by atoms with Crippen molar-refractivity contribution in [3.8, 4) is 0 Å². The molecule has 0 saturated carbocycles. The van der Waals surface area contributed by atoms with Crippen LogP contribution < -0.4 is 10.6 Å². The van der Waals surface area contributed by atoms with E-state index in [1.807, 2.05) is 13.8 Å². The molecule has 1 fully saturated rings. The van der Waals surface area contributed by atoms with E-state index in [1.165, 1.54) is 0 Å². The number of carbonyl (C=O) groups is 1. The normalized spacial score (nSPS) is 16.3. The molecular weight excluding hydrogens is 128 g/mol. The van der Waals surface area contributed by atoms with Crippen LogP contribution in [-0.2, 0) is 4.79 Å². The number of hydrogen-bond donors (Lipinski definition) is 2. The van der Waals surface area contributed by atoms with Gasteiger partial charge in [-0.05, 0) is 0 Å². The molecular formula is C7H16N2O. The summed E-state index contributed by atoms with van der Waals surface area (Å²) in [7, 11) is 1.67. The quantitative estimate of drug-likeness (QED) is 0.543. The van der Waals surface area contributed by atoms with Gasteiger partial charge in [-0.25, -0.2) is 0 Å². The van der Waals surface area contributed by atoms with E-state index in [9.17, 15) is 4.79 Å². The van der Waals surface area contributed by atoms with Crippen molar-refractivity contribution < 1.29 is 4.79 Å². The largest absolute Gasteiger partial charge is 0.359 e. The van der Waals surface area contributed by atoms with Crippen molar-refractivity contribution in [1.82, 2.24) is 10.6 Å². The van der Waals surface area contributed by atoms with E-state index in [0.29, 0.717) is 0 Å². The minimum absolute atomic E-state index is 0.156. The Morgan fingerprint density at radius 2 is 2.00 bits per heavy atom. The molecule has 0 aliphatic carbocycles. The lowest BCUT2D eigenvalue weighted by atomic mass is 10.0. The van der Waals surface area contributed by atoms with Crippen LogP contribution in [-0.4, -0.2) is 26.0 Å². The molecule has 0 aromatic heterocycles. The van der Waals surface area contributed by atoms with Crippen LogP contribution in [0.5, 0.6) is 0 Å². The average Bonchev–Trinajstić information content (AvgIpc) is 1.89. The van der Waals surface area contributed by atoms with Crippen molar-refractivity contribution >= 4 is 5.91 Å². The molecule has 1 aliphatic rings. The maximum absolute atomic E-state index is 10.6. The molecule has 2 N–H and O–H groups in total. The van der Waals surface area contributed by atoms with Crippen LogP contribution in [0.25, 0.3) is 0 Å². The average molecular weight is 144 g/mol. The van der Waals surface area contributed by atoms with Gasteiger partial charge < -0.3 is 10.6 Å². The third kappa shape index (κ3) is 2.35. The fourth-order valence-corrected chi connectivity index (χ4v) is 0.678. The first kappa shape index (κ1) is 9.43. The van der Waals surface area contributed by atoms with Crippen molar-refractivity contribution in [2.75, 3.05) is 20.1 Å². The van der Waals surface area contributed by atoms with E-state index in [-0.39, 0.29) is 11.8 Å². The van der Waals surface area contributed by atoms with E-state index in [0.717, 1.165) is 13.1 Å². The molecule has 60 valence electrons. The lowest BCUT2D eigenvalue weighted by Gasteiger charge is -2.24. The molecule has 0 radical (unpaired) electrons. The second-order valence-electron chi connectivity index (χ2n) is 1.97. The molecule has 0 aromatic rings. The van der Waals surface area contributed by atoms with E-state index < -0.39 is 0 Å². The number of hydrogen-bond acceptors (Lipinski definition) is 2. The standard InChI is InChI=1S/C5H10N2O.C2H6/c1-6-5(8)4-2-7-3-4;1-2/h4,7H,2-3H2,1H3,(H,6,8);1-2H3. The van der Waals surface area contributed by atoms with Crippen molar-refractivity contribution in [1.29, 1.82) is 0 Å². The predicted octanol–water partition coefficient (Wildman–Crippen LogP) is -0.0220. The molecule has 10 heavy (non-hydrogen) atoms. The predicted molar refractivity (Wildman–Crippen MR) is 41.8 cm³/mol. The number of nitrogens with one attached hydrogen (secondary N) is 2. The molecule has 1 saturated heterocycles. The van der Waals surface area contributed by atoms with Crippen LogP contribution in [0.2, 0.25) is 0 Å². The summed E-state index contributed by atoms with van der Waals surface area (Å²) in [6.07, 6.45) is 0. The van der Waals surface area contributed by atoms with Gasteiger partial charge in [0.05, 0.1) is 5.92 Å². The molecule has 0 unspecified atom stereocenters. The summed E-state index contributed by atoms with van der Waals surface area (Å²) in [5, 5.41) is 5.60. The summed E-state index contributed by atoms with van der Waals surface area (Å²) in [6.45, 7) is 5.69. The first-order valence-electron chi connectivity index (χ1n) is 3.77. The van der Waals surface area contributed by atoms with E-state index >= 15 is 0 Å². The van der Waals surface area contributed by atoms with Gasteiger partial charge in [0.15, 0.2) is 0 Å². The fourth-order valence-electron chi connectivity index (χ4n) is 0.678. The highest BCUT2D eigenvalue weighted by molar-refractivity contribution is 5.79. The topological polar surface area (TPSA) is 41.1 Å². The maximum Gasteiger partial charge on any atom is 0.225 e. The van der Waals surface area contributed by atoms with Gasteiger partial charge in [-0.1, -0.05) is 13.8 Å². The molecule has 1 aliphatic heterocycles. The van der Waals surface area contributed by atoms with Gasteiger partial charge in [-0.2, -0.15) is 0 Å². The summed E-state index contributed by atoms with van der Waals surface area (Å²) in [6, 6.07) is 0. The highest BCUT2D eigenvalue weighted by atomic mass is 16.1. The SMILES string of the molecule is CC.CNC(=O)C1CNC1. The molecule has 1 amide bonds. The first-order valence-corrected chi connectivity index (χ1v) is 3.77. The zero-order valence-electron chi connectivity index (χ0n) is 6.90. The number of carbonyl (C=O) groups excluding carboxylic acids is 1. The van der Waals surface area contributed by atoms with E-state index in [4.69, 9.17) is 0 Å². The zero-order valence-corrected chi connectivity index (χ0v) is 6.90. The van der Waals surface area contributed by atoms with Gasteiger partial charge in [0, 0.05) is 20.1 Å². The van der Waals surface area contributed by atoms with Crippen LogP contribution in [0.4, 0.5) is 0 Å². The Kier molecular flexibility index (Phi) is 4.94. The second kappa shape index (κ2) is 5.23. The van der Waals surface area contributed by atoms with Crippen molar-refractivity contribution in [3.05, 3.63) is 0 Å². The Labute approximate surface area is 62.2 Å². The molecule has 3 heteroatoms. The minimum Gasteiger partial charge on any atom is -0.359 e. The Balaban J connectivity index is 0.000000371. The van der Waals surface area contributed by atoms with Crippen LogP contribution >= 0.6 is 0 Å².